The molecule has 3 heteroatoms. The Hall–Kier alpha value is -0.570. The van der Waals surface area contributed by atoms with E-state index in [1.807, 2.05) is 4.90 Å². The van der Waals surface area contributed by atoms with Crippen LogP contribution in [-0.4, -0.2) is 29.9 Å². The minimum absolute atomic E-state index is 0.174. The van der Waals surface area contributed by atoms with Crippen LogP contribution in [0.2, 0.25) is 0 Å². The molecule has 15 heavy (non-hydrogen) atoms. The van der Waals surface area contributed by atoms with Gasteiger partial charge in [-0.05, 0) is 37.0 Å². The molecule has 0 bridgehead atoms. The molecule has 1 aliphatic heterocycles. The Morgan fingerprint density at radius 3 is 2.73 bits per heavy atom. The predicted molar refractivity (Wildman–Crippen MR) is 60.3 cm³/mol. The second-order valence-electron chi connectivity index (χ2n) is 5.53. The third kappa shape index (κ3) is 2.03. The molecule has 0 radical (unpaired) electrons. The lowest BCUT2D eigenvalue weighted by atomic mass is 9.90. The van der Waals surface area contributed by atoms with Crippen LogP contribution in [0.3, 0.4) is 0 Å². The molecule has 0 aromatic rings. The fourth-order valence-electron chi connectivity index (χ4n) is 2.59. The van der Waals surface area contributed by atoms with Crippen LogP contribution in [0.5, 0.6) is 0 Å². The molecule has 2 rings (SSSR count). The number of hydrogen-bond donors (Lipinski definition) is 1. The van der Waals surface area contributed by atoms with Gasteiger partial charge in [0.1, 0.15) is 0 Å². The number of nitrogens with two attached hydrogens (primary N) is 1. The van der Waals surface area contributed by atoms with E-state index in [1.54, 1.807) is 0 Å². The van der Waals surface area contributed by atoms with Crippen LogP contribution < -0.4 is 5.73 Å². The number of piperidine rings is 1. The van der Waals surface area contributed by atoms with Crippen molar-refractivity contribution in [3.05, 3.63) is 0 Å². The summed E-state index contributed by atoms with van der Waals surface area (Å²) in [7, 11) is 0. The van der Waals surface area contributed by atoms with Gasteiger partial charge in [0, 0.05) is 13.1 Å². The van der Waals surface area contributed by atoms with E-state index in [1.165, 1.54) is 12.8 Å². The first kappa shape index (κ1) is 10.9. The molecule has 0 aromatic heterocycles. The minimum atomic E-state index is -0.235. The van der Waals surface area contributed by atoms with Crippen LogP contribution in [0, 0.1) is 11.3 Å². The predicted octanol–water partition coefficient (Wildman–Crippen LogP) is 1.37. The highest BCUT2D eigenvalue weighted by molar-refractivity contribution is 5.82. The van der Waals surface area contributed by atoms with Gasteiger partial charge in [-0.25, -0.2) is 0 Å². The maximum atomic E-state index is 11.9. The van der Waals surface area contributed by atoms with Crippen LogP contribution in [0.25, 0.3) is 0 Å². The Morgan fingerprint density at radius 1 is 1.53 bits per heavy atom. The van der Waals surface area contributed by atoms with Gasteiger partial charge in [0.25, 0.3) is 0 Å². The van der Waals surface area contributed by atoms with Crippen molar-refractivity contribution in [3.63, 3.8) is 0 Å². The Balaban J connectivity index is 1.97. The summed E-state index contributed by atoms with van der Waals surface area (Å²) in [6, 6.07) is -0.235. The smallest absolute Gasteiger partial charge is 0.239 e. The Morgan fingerprint density at radius 2 is 2.20 bits per heavy atom. The van der Waals surface area contributed by atoms with Crippen molar-refractivity contribution >= 4 is 5.91 Å². The zero-order valence-electron chi connectivity index (χ0n) is 9.83. The third-order valence-corrected chi connectivity index (χ3v) is 4.19. The molecule has 2 N–H and O–H groups in total. The molecule has 0 aromatic carbocycles. The second-order valence-corrected chi connectivity index (χ2v) is 5.53. The lowest BCUT2D eigenvalue weighted by molar-refractivity contribution is -0.136. The van der Waals surface area contributed by atoms with E-state index in [0.717, 1.165) is 25.9 Å². The van der Waals surface area contributed by atoms with Gasteiger partial charge in [0.2, 0.25) is 5.91 Å². The number of carbonyl (C=O) groups excluding carboxylic acids is 1. The third-order valence-electron chi connectivity index (χ3n) is 4.19. The number of nitrogens with zero attached hydrogens (tertiary/aromatic N) is 1. The first-order valence-electron chi connectivity index (χ1n) is 6.09. The maximum absolute atomic E-state index is 11.9. The molecule has 2 aliphatic rings. The highest BCUT2D eigenvalue weighted by Gasteiger charge is 2.47. The zero-order chi connectivity index (χ0) is 11.1. The summed E-state index contributed by atoms with van der Waals surface area (Å²) in [6.45, 7) is 6.39. The molecule has 2 fully saturated rings. The molecule has 1 saturated heterocycles. The molecular formula is C12H22N2O. The molecule has 86 valence electrons. The summed E-state index contributed by atoms with van der Waals surface area (Å²) < 4.78 is 0. The van der Waals surface area contributed by atoms with Gasteiger partial charge in [0.05, 0.1) is 6.04 Å². The molecule has 1 unspecified atom stereocenters. The van der Waals surface area contributed by atoms with E-state index in [0.29, 0.717) is 11.3 Å². The van der Waals surface area contributed by atoms with Gasteiger partial charge < -0.3 is 10.6 Å². The van der Waals surface area contributed by atoms with Crippen LogP contribution in [0.4, 0.5) is 0 Å². The summed E-state index contributed by atoms with van der Waals surface area (Å²) in [5.74, 6) is 0.858. The largest absolute Gasteiger partial charge is 0.341 e. The summed E-state index contributed by atoms with van der Waals surface area (Å²) in [6.07, 6.45) is 4.50. The molecule has 1 aliphatic carbocycles. The van der Waals surface area contributed by atoms with Gasteiger partial charge in [-0.2, -0.15) is 0 Å². The average Bonchev–Trinajstić information content (AvgIpc) is 2.94. The number of hydrogen-bond acceptors (Lipinski definition) is 2. The average molecular weight is 210 g/mol. The van der Waals surface area contributed by atoms with Crippen molar-refractivity contribution < 1.29 is 4.79 Å². The topological polar surface area (TPSA) is 46.3 Å². The van der Waals surface area contributed by atoms with E-state index in [-0.39, 0.29) is 11.9 Å². The Bertz CT molecular complexity index is 258. The van der Waals surface area contributed by atoms with Gasteiger partial charge in [0.15, 0.2) is 0 Å². The van der Waals surface area contributed by atoms with E-state index >= 15 is 0 Å². The van der Waals surface area contributed by atoms with Gasteiger partial charge in [-0.1, -0.05) is 13.8 Å². The molecule has 3 nitrogen and oxygen atoms in total. The highest BCUT2D eigenvalue weighted by atomic mass is 16.2. The first-order valence-corrected chi connectivity index (χ1v) is 6.09. The van der Waals surface area contributed by atoms with E-state index in [2.05, 4.69) is 13.8 Å². The molecule has 1 saturated carbocycles. The Kier molecular flexibility index (Phi) is 2.75. The van der Waals surface area contributed by atoms with Crippen molar-refractivity contribution in [2.75, 3.05) is 13.1 Å². The standard InChI is InChI=1S/C12H22N2O/c1-9(2)12(5-6-12)8-14-7-3-4-10(13)11(14)15/h9-10H,3-8,13H2,1-2H3. The number of rotatable bonds is 3. The van der Waals surface area contributed by atoms with E-state index in [4.69, 9.17) is 5.73 Å². The second kappa shape index (κ2) is 3.78. The number of amides is 1. The van der Waals surface area contributed by atoms with Crippen LogP contribution >= 0.6 is 0 Å². The molecule has 1 atom stereocenters. The van der Waals surface area contributed by atoms with Crippen LogP contribution in [0.15, 0.2) is 0 Å². The lowest BCUT2D eigenvalue weighted by Crippen LogP contribution is -2.50. The number of likely N-dealkylation sites (tertiary alicyclic amines) is 1. The SMILES string of the molecule is CC(C)C1(CN2CCCC(N)C2=O)CC1. The minimum Gasteiger partial charge on any atom is -0.341 e. The first-order chi connectivity index (χ1) is 7.05. The van der Waals surface area contributed by atoms with Gasteiger partial charge in [-0.3, -0.25) is 4.79 Å². The van der Waals surface area contributed by atoms with Gasteiger partial charge >= 0.3 is 0 Å². The van der Waals surface area contributed by atoms with E-state index in [9.17, 15) is 4.79 Å². The molecule has 1 heterocycles. The quantitative estimate of drug-likeness (QED) is 0.764. The van der Waals surface area contributed by atoms with Crippen molar-refractivity contribution in [1.82, 2.24) is 4.90 Å². The molecule has 0 spiro atoms. The molecular weight excluding hydrogens is 188 g/mol. The highest BCUT2D eigenvalue weighted by Crippen LogP contribution is 2.52. The lowest BCUT2D eigenvalue weighted by Gasteiger charge is -2.34. The monoisotopic (exact) mass is 210 g/mol. The normalized spacial score (nSPS) is 29.7. The van der Waals surface area contributed by atoms with Gasteiger partial charge in [-0.15, -0.1) is 0 Å². The Labute approximate surface area is 92.0 Å². The zero-order valence-corrected chi connectivity index (χ0v) is 9.83. The van der Waals surface area contributed by atoms with Crippen LogP contribution in [0.1, 0.15) is 39.5 Å². The van der Waals surface area contributed by atoms with Crippen molar-refractivity contribution in [2.24, 2.45) is 17.1 Å². The summed E-state index contributed by atoms with van der Waals surface area (Å²) in [4.78, 5) is 13.9. The number of carbonyl (C=O) groups is 1. The summed E-state index contributed by atoms with van der Waals surface area (Å²) >= 11 is 0. The van der Waals surface area contributed by atoms with E-state index < -0.39 is 0 Å². The van der Waals surface area contributed by atoms with Crippen molar-refractivity contribution in [2.45, 2.75) is 45.6 Å². The maximum Gasteiger partial charge on any atom is 0.239 e. The van der Waals surface area contributed by atoms with Crippen molar-refractivity contribution in [1.29, 1.82) is 0 Å². The fraction of sp³-hybridized carbons (Fsp3) is 0.917. The molecule has 1 amide bonds. The summed E-state index contributed by atoms with van der Waals surface area (Å²) in [5.41, 5.74) is 6.22. The summed E-state index contributed by atoms with van der Waals surface area (Å²) in [5, 5.41) is 0. The van der Waals surface area contributed by atoms with Crippen molar-refractivity contribution in [3.8, 4) is 0 Å². The van der Waals surface area contributed by atoms with Crippen LogP contribution in [-0.2, 0) is 4.79 Å². The fourth-order valence-corrected chi connectivity index (χ4v) is 2.59.